The molecule has 0 bridgehead atoms. The summed E-state index contributed by atoms with van der Waals surface area (Å²) < 4.78 is 1.55. The van der Waals surface area contributed by atoms with Gasteiger partial charge in [0.2, 0.25) is 0 Å². The first kappa shape index (κ1) is 15.9. The molecule has 0 aliphatic rings. The Balaban J connectivity index is 2.16. The van der Waals surface area contributed by atoms with Crippen LogP contribution in [0.25, 0.3) is 10.8 Å². The molecule has 3 aromatic heterocycles. The standard InChI is InChI=1S/C17H20N6O/c1-17(2,3)22-15-14-11(5-8-23(4)16(14)24)9-12(21-15)20-13-10-18-6-7-19-13/h5-10H,1-4H3,(H2,19,20,21,22). The summed E-state index contributed by atoms with van der Waals surface area (Å²) in [7, 11) is 1.73. The predicted octanol–water partition coefficient (Wildman–Crippen LogP) is 2.68. The topological polar surface area (TPSA) is 84.7 Å². The summed E-state index contributed by atoms with van der Waals surface area (Å²) in [6.45, 7) is 6.07. The van der Waals surface area contributed by atoms with E-state index in [-0.39, 0.29) is 11.1 Å². The van der Waals surface area contributed by atoms with Crippen LogP contribution in [0.1, 0.15) is 20.8 Å². The van der Waals surface area contributed by atoms with Crippen LogP contribution in [0.4, 0.5) is 17.5 Å². The minimum Gasteiger partial charge on any atom is -0.365 e. The number of fused-ring (bicyclic) bond motifs is 1. The van der Waals surface area contributed by atoms with Gasteiger partial charge in [0.1, 0.15) is 17.5 Å². The summed E-state index contributed by atoms with van der Waals surface area (Å²) >= 11 is 0. The quantitative estimate of drug-likeness (QED) is 0.770. The lowest BCUT2D eigenvalue weighted by atomic mass is 10.1. The molecule has 0 unspecified atom stereocenters. The van der Waals surface area contributed by atoms with E-state index in [9.17, 15) is 4.79 Å². The molecular weight excluding hydrogens is 304 g/mol. The fourth-order valence-electron chi connectivity index (χ4n) is 2.36. The highest BCUT2D eigenvalue weighted by Gasteiger charge is 2.16. The Morgan fingerprint density at radius 1 is 1.17 bits per heavy atom. The van der Waals surface area contributed by atoms with E-state index in [2.05, 4.69) is 25.6 Å². The van der Waals surface area contributed by atoms with Crippen LogP contribution >= 0.6 is 0 Å². The van der Waals surface area contributed by atoms with Crippen molar-refractivity contribution < 1.29 is 0 Å². The van der Waals surface area contributed by atoms with Crippen molar-refractivity contribution in [1.29, 1.82) is 0 Å². The van der Waals surface area contributed by atoms with Crippen molar-refractivity contribution in [3.8, 4) is 0 Å². The molecule has 0 amide bonds. The monoisotopic (exact) mass is 324 g/mol. The number of hydrogen-bond donors (Lipinski definition) is 2. The van der Waals surface area contributed by atoms with Gasteiger partial charge in [-0.25, -0.2) is 9.97 Å². The van der Waals surface area contributed by atoms with Crippen LogP contribution < -0.4 is 16.2 Å². The Morgan fingerprint density at radius 2 is 1.96 bits per heavy atom. The summed E-state index contributed by atoms with van der Waals surface area (Å²) in [5.74, 6) is 1.74. The number of anilines is 3. The second-order valence-corrected chi connectivity index (χ2v) is 6.64. The minimum absolute atomic E-state index is 0.0854. The highest BCUT2D eigenvalue weighted by atomic mass is 16.1. The van der Waals surface area contributed by atoms with E-state index >= 15 is 0 Å². The van der Waals surface area contributed by atoms with Crippen LogP contribution in [0.2, 0.25) is 0 Å². The number of nitrogens with one attached hydrogen (secondary N) is 2. The van der Waals surface area contributed by atoms with Crippen LogP contribution in [0.3, 0.4) is 0 Å². The average molecular weight is 324 g/mol. The van der Waals surface area contributed by atoms with E-state index in [0.29, 0.717) is 22.8 Å². The normalized spacial score (nSPS) is 11.5. The first-order chi connectivity index (χ1) is 11.3. The fourth-order valence-corrected chi connectivity index (χ4v) is 2.36. The van der Waals surface area contributed by atoms with Gasteiger partial charge in [-0.05, 0) is 38.3 Å². The van der Waals surface area contributed by atoms with Gasteiger partial charge in [0.05, 0.1) is 11.6 Å². The molecule has 0 spiro atoms. The zero-order valence-electron chi connectivity index (χ0n) is 14.2. The third kappa shape index (κ3) is 3.34. The number of nitrogens with zero attached hydrogens (tertiary/aromatic N) is 4. The summed E-state index contributed by atoms with van der Waals surface area (Å²) in [5, 5.41) is 7.82. The molecule has 24 heavy (non-hydrogen) atoms. The lowest BCUT2D eigenvalue weighted by molar-refractivity contribution is 0.631. The van der Waals surface area contributed by atoms with Crippen LogP contribution in [-0.4, -0.2) is 25.1 Å². The molecule has 7 heteroatoms. The lowest BCUT2D eigenvalue weighted by Crippen LogP contribution is -2.28. The lowest BCUT2D eigenvalue weighted by Gasteiger charge is -2.23. The van der Waals surface area contributed by atoms with Crippen LogP contribution in [0.15, 0.2) is 41.7 Å². The highest BCUT2D eigenvalue weighted by Crippen LogP contribution is 2.25. The molecule has 7 nitrogen and oxygen atoms in total. The SMILES string of the molecule is Cn1ccc2cc(Nc3cnccn3)nc(NC(C)(C)C)c2c1=O. The number of pyridine rings is 2. The Hall–Kier alpha value is -2.96. The summed E-state index contributed by atoms with van der Waals surface area (Å²) in [4.78, 5) is 25.3. The van der Waals surface area contributed by atoms with Gasteiger partial charge in [-0.1, -0.05) is 0 Å². The van der Waals surface area contributed by atoms with Crippen molar-refractivity contribution in [3.05, 3.63) is 47.3 Å². The fraction of sp³-hybridized carbons (Fsp3) is 0.294. The summed E-state index contributed by atoms with van der Waals surface area (Å²) in [5.41, 5.74) is -0.316. The zero-order chi connectivity index (χ0) is 17.3. The van der Waals surface area contributed by atoms with E-state index in [1.807, 2.05) is 32.9 Å². The minimum atomic E-state index is -0.230. The molecule has 0 saturated carbocycles. The Morgan fingerprint density at radius 3 is 2.62 bits per heavy atom. The van der Waals surface area contributed by atoms with E-state index in [4.69, 9.17) is 0 Å². The van der Waals surface area contributed by atoms with Gasteiger partial charge < -0.3 is 15.2 Å². The maximum absolute atomic E-state index is 12.5. The maximum Gasteiger partial charge on any atom is 0.261 e. The van der Waals surface area contributed by atoms with Gasteiger partial charge in [0, 0.05) is 31.2 Å². The van der Waals surface area contributed by atoms with E-state index in [1.54, 1.807) is 36.4 Å². The Bertz CT molecular complexity index is 927. The van der Waals surface area contributed by atoms with Crippen LogP contribution in [0.5, 0.6) is 0 Å². The van der Waals surface area contributed by atoms with E-state index in [1.165, 1.54) is 0 Å². The number of hydrogen-bond acceptors (Lipinski definition) is 6. The summed E-state index contributed by atoms with van der Waals surface area (Å²) in [6.07, 6.45) is 6.58. The number of aromatic nitrogens is 4. The maximum atomic E-state index is 12.5. The van der Waals surface area contributed by atoms with Crippen LogP contribution in [0, 0.1) is 0 Å². The highest BCUT2D eigenvalue weighted by molar-refractivity contribution is 5.93. The zero-order valence-corrected chi connectivity index (χ0v) is 14.2. The molecular formula is C17H20N6O. The van der Waals surface area contributed by atoms with Crippen molar-refractivity contribution in [1.82, 2.24) is 19.5 Å². The van der Waals surface area contributed by atoms with Crippen molar-refractivity contribution in [2.45, 2.75) is 26.3 Å². The molecule has 2 N–H and O–H groups in total. The van der Waals surface area contributed by atoms with Crippen molar-refractivity contribution >= 4 is 28.2 Å². The molecule has 3 rings (SSSR count). The second-order valence-electron chi connectivity index (χ2n) is 6.64. The Kier molecular flexibility index (Phi) is 3.92. The second kappa shape index (κ2) is 5.92. The first-order valence-electron chi connectivity index (χ1n) is 7.65. The van der Waals surface area contributed by atoms with Crippen molar-refractivity contribution in [2.24, 2.45) is 7.05 Å². The Labute approximate surface area is 139 Å². The molecule has 3 aromatic rings. The average Bonchev–Trinajstić information content (AvgIpc) is 2.50. The van der Waals surface area contributed by atoms with Gasteiger partial charge in [-0.15, -0.1) is 0 Å². The van der Waals surface area contributed by atoms with Crippen molar-refractivity contribution in [3.63, 3.8) is 0 Å². The molecule has 0 atom stereocenters. The third-order valence-electron chi connectivity index (χ3n) is 3.37. The summed E-state index contributed by atoms with van der Waals surface area (Å²) in [6, 6.07) is 3.73. The van der Waals surface area contributed by atoms with Gasteiger partial charge in [-0.2, -0.15) is 0 Å². The van der Waals surface area contributed by atoms with E-state index < -0.39 is 0 Å². The molecule has 0 radical (unpaired) electrons. The molecule has 0 fully saturated rings. The molecule has 0 saturated heterocycles. The number of aryl methyl sites for hydroxylation is 1. The molecule has 124 valence electrons. The van der Waals surface area contributed by atoms with Gasteiger partial charge in [-0.3, -0.25) is 9.78 Å². The van der Waals surface area contributed by atoms with Crippen molar-refractivity contribution in [2.75, 3.05) is 10.6 Å². The molecule has 0 aromatic carbocycles. The first-order valence-corrected chi connectivity index (χ1v) is 7.65. The molecule has 3 heterocycles. The molecule has 0 aliphatic carbocycles. The van der Waals surface area contributed by atoms with Gasteiger partial charge in [0.15, 0.2) is 0 Å². The third-order valence-corrected chi connectivity index (χ3v) is 3.37. The van der Waals surface area contributed by atoms with Gasteiger partial charge >= 0.3 is 0 Å². The largest absolute Gasteiger partial charge is 0.365 e. The van der Waals surface area contributed by atoms with E-state index in [0.717, 1.165) is 5.39 Å². The van der Waals surface area contributed by atoms with Crippen LogP contribution in [-0.2, 0) is 7.05 Å². The number of rotatable bonds is 3. The van der Waals surface area contributed by atoms with Gasteiger partial charge in [0.25, 0.3) is 5.56 Å². The smallest absolute Gasteiger partial charge is 0.261 e. The molecule has 0 aliphatic heterocycles. The predicted molar refractivity (Wildman–Crippen MR) is 95.7 cm³/mol.